The fourth-order valence-electron chi connectivity index (χ4n) is 2.52. The molecule has 0 amide bonds. The van der Waals surface area contributed by atoms with Gasteiger partial charge in [0.05, 0.1) is 17.8 Å². The lowest BCUT2D eigenvalue weighted by molar-refractivity contribution is 0.104. The number of rotatable bonds is 5. The molecule has 0 fully saturated rings. The average Bonchev–Trinajstić information content (AvgIpc) is 2.96. The van der Waals surface area contributed by atoms with Crippen LogP contribution in [-0.4, -0.2) is 27.4 Å². The highest BCUT2D eigenvalue weighted by molar-refractivity contribution is 6.31. The third-order valence-corrected chi connectivity index (χ3v) is 3.92. The molecule has 0 spiro atoms. The zero-order valence-corrected chi connectivity index (χ0v) is 14.9. The van der Waals surface area contributed by atoms with Gasteiger partial charge in [-0.15, -0.1) is 0 Å². The summed E-state index contributed by atoms with van der Waals surface area (Å²) in [5, 5.41) is 7.23. The maximum atomic E-state index is 13.3. The van der Waals surface area contributed by atoms with Crippen LogP contribution in [-0.2, 0) is 11.2 Å². The van der Waals surface area contributed by atoms with Crippen molar-refractivity contribution in [3.05, 3.63) is 47.1 Å². The number of carbonyl (C=O) groups excluding carboxylic acids is 1. The van der Waals surface area contributed by atoms with Crippen molar-refractivity contribution in [2.24, 2.45) is 0 Å². The summed E-state index contributed by atoms with van der Waals surface area (Å²) < 4.78 is 25.0. The third-order valence-electron chi connectivity index (χ3n) is 3.63. The molecule has 0 radical (unpaired) electrons. The van der Waals surface area contributed by atoms with Gasteiger partial charge in [-0.1, -0.05) is 18.5 Å². The Morgan fingerprint density at radius 3 is 2.88 bits per heavy atom. The highest BCUT2D eigenvalue weighted by Crippen LogP contribution is 2.32. The van der Waals surface area contributed by atoms with E-state index in [-0.39, 0.29) is 11.6 Å². The van der Waals surface area contributed by atoms with Gasteiger partial charge in [-0.25, -0.2) is 18.7 Å². The molecule has 2 aromatic heterocycles. The molecule has 2 heterocycles. The standard InChI is InChI=1S/C17H16ClFN4O3/c1-3-11-14(26-17(24)25-4-2)8-23-15(11)16(20-9-21-23)22-10-5-6-13(19)12(18)7-10/h5-9H,3-4H2,1-2H3,(H,20,21,22). The van der Waals surface area contributed by atoms with Crippen LogP contribution in [0.3, 0.4) is 0 Å². The van der Waals surface area contributed by atoms with E-state index in [0.717, 1.165) is 5.56 Å². The molecular formula is C17H16ClFN4O3. The van der Waals surface area contributed by atoms with Crippen molar-refractivity contribution < 1.29 is 18.7 Å². The molecule has 7 nitrogen and oxygen atoms in total. The van der Waals surface area contributed by atoms with Gasteiger partial charge in [0, 0.05) is 11.3 Å². The van der Waals surface area contributed by atoms with Gasteiger partial charge in [-0.05, 0) is 31.5 Å². The highest BCUT2D eigenvalue weighted by Gasteiger charge is 2.19. The SMILES string of the molecule is CCOC(=O)Oc1cn2ncnc(Nc3ccc(F)c(Cl)c3)c2c1CC. The minimum absolute atomic E-state index is 0.00231. The number of hydrogen-bond acceptors (Lipinski definition) is 6. The maximum Gasteiger partial charge on any atom is 0.513 e. The Kier molecular flexibility index (Phi) is 5.22. The van der Waals surface area contributed by atoms with Crippen molar-refractivity contribution in [2.75, 3.05) is 11.9 Å². The molecule has 0 atom stereocenters. The zero-order valence-electron chi connectivity index (χ0n) is 14.1. The Labute approximate surface area is 153 Å². The predicted molar refractivity (Wildman–Crippen MR) is 94.7 cm³/mol. The van der Waals surface area contributed by atoms with E-state index in [1.54, 1.807) is 23.7 Å². The van der Waals surface area contributed by atoms with Crippen molar-refractivity contribution in [3.63, 3.8) is 0 Å². The van der Waals surface area contributed by atoms with E-state index in [1.807, 2.05) is 6.92 Å². The molecule has 3 rings (SSSR count). The van der Waals surface area contributed by atoms with E-state index < -0.39 is 12.0 Å². The summed E-state index contributed by atoms with van der Waals surface area (Å²) in [6, 6.07) is 4.27. The number of fused-ring (bicyclic) bond motifs is 1. The molecule has 136 valence electrons. The van der Waals surface area contributed by atoms with Crippen LogP contribution in [0, 0.1) is 5.82 Å². The monoisotopic (exact) mass is 378 g/mol. The summed E-state index contributed by atoms with van der Waals surface area (Å²) in [5.41, 5.74) is 1.93. The van der Waals surface area contributed by atoms with Crippen LogP contribution in [0.25, 0.3) is 5.52 Å². The van der Waals surface area contributed by atoms with Crippen LogP contribution < -0.4 is 10.1 Å². The number of benzene rings is 1. The molecule has 3 aromatic rings. The molecule has 26 heavy (non-hydrogen) atoms. The summed E-state index contributed by atoms with van der Waals surface area (Å²) in [6.07, 6.45) is 2.71. The second-order valence-electron chi connectivity index (χ2n) is 5.27. The second kappa shape index (κ2) is 7.57. The van der Waals surface area contributed by atoms with Crippen LogP contribution >= 0.6 is 11.6 Å². The van der Waals surface area contributed by atoms with Crippen molar-refractivity contribution in [2.45, 2.75) is 20.3 Å². The largest absolute Gasteiger partial charge is 0.513 e. The van der Waals surface area contributed by atoms with Crippen LogP contribution in [0.15, 0.2) is 30.7 Å². The summed E-state index contributed by atoms with van der Waals surface area (Å²) in [5.74, 6) is 0.303. The summed E-state index contributed by atoms with van der Waals surface area (Å²) in [4.78, 5) is 15.9. The van der Waals surface area contributed by atoms with Gasteiger partial charge >= 0.3 is 6.16 Å². The highest BCUT2D eigenvalue weighted by atomic mass is 35.5. The van der Waals surface area contributed by atoms with E-state index in [4.69, 9.17) is 21.1 Å². The van der Waals surface area contributed by atoms with E-state index in [0.29, 0.717) is 29.2 Å². The van der Waals surface area contributed by atoms with Crippen LogP contribution in [0.4, 0.5) is 20.7 Å². The van der Waals surface area contributed by atoms with E-state index in [9.17, 15) is 9.18 Å². The number of halogens is 2. The van der Waals surface area contributed by atoms with Gasteiger partial charge in [-0.3, -0.25) is 0 Å². The van der Waals surface area contributed by atoms with Crippen molar-refractivity contribution in [3.8, 4) is 5.75 Å². The van der Waals surface area contributed by atoms with Crippen LogP contribution in [0.1, 0.15) is 19.4 Å². The quantitative estimate of drug-likeness (QED) is 0.664. The Hall–Kier alpha value is -2.87. The summed E-state index contributed by atoms with van der Waals surface area (Å²) in [7, 11) is 0. The topological polar surface area (TPSA) is 77.8 Å². The number of carbonyl (C=O) groups is 1. The lowest BCUT2D eigenvalue weighted by Gasteiger charge is -2.09. The van der Waals surface area contributed by atoms with Crippen molar-refractivity contribution in [1.82, 2.24) is 14.6 Å². The Bertz CT molecular complexity index is 961. The Balaban J connectivity index is 2.01. The third kappa shape index (κ3) is 3.55. The first-order chi connectivity index (χ1) is 12.5. The molecule has 0 aliphatic rings. The lowest BCUT2D eigenvalue weighted by Crippen LogP contribution is -2.10. The van der Waals surface area contributed by atoms with Crippen LogP contribution in [0.2, 0.25) is 5.02 Å². The van der Waals surface area contributed by atoms with Crippen LogP contribution in [0.5, 0.6) is 5.75 Å². The smallest absolute Gasteiger partial charge is 0.434 e. The molecule has 0 saturated carbocycles. The Morgan fingerprint density at radius 1 is 1.38 bits per heavy atom. The van der Waals surface area contributed by atoms with E-state index >= 15 is 0 Å². The molecule has 0 aliphatic heterocycles. The normalized spacial score (nSPS) is 10.8. The minimum Gasteiger partial charge on any atom is -0.434 e. The van der Waals surface area contributed by atoms with Gasteiger partial charge in [0.15, 0.2) is 11.6 Å². The molecular weight excluding hydrogens is 363 g/mol. The number of ether oxygens (including phenoxy) is 2. The molecule has 1 N–H and O–H groups in total. The second-order valence-corrected chi connectivity index (χ2v) is 5.67. The van der Waals surface area contributed by atoms with Gasteiger partial charge in [-0.2, -0.15) is 5.10 Å². The minimum atomic E-state index is -0.786. The summed E-state index contributed by atoms with van der Waals surface area (Å²) >= 11 is 5.82. The van der Waals surface area contributed by atoms with Gasteiger partial charge < -0.3 is 14.8 Å². The van der Waals surface area contributed by atoms with Gasteiger partial charge in [0.1, 0.15) is 17.7 Å². The molecule has 1 aromatic carbocycles. The molecule has 0 unspecified atom stereocenters. The fraction of sp³-hybridized carbons (Fsp3) is 0.235. The predicted octanol–water partition coefficient (Wildman–Crippen LogP) is 4.36. The first-order valence-corrected chi connectivity index (χ1v) is 8.33. The fourth-order valence-corrected chi connectivity index (χ4v) is 2.70. The van der Waals surface area contributed by atoms with Gasteiger partial charge in [0.2, 0.25) is 0 Å². The Morgan fingerprint density at radius 2 is 2.19 bits per heavy atom. The number of nitrogens with one attached hydrogen (secondary N) is 1. The summed E-state index contributed by atoms with van der Waals surface area (Å²) in [6.45, 7) is 3.82. The maximum absolute atomic E-state index is 13.3. The number of aryl methyl sites for hydroxylation is 1. The molecule has 0 bridgehead atoms. The zero-order chi connectivity index (χ0) is 18.7. The van der Waals surface area contributed by atoms with E-state index in [1.165, 1.54) is 18.5 Å². The first-order valence-electron chi connectivity index (χ1n) is 7.95. The number of hydrogen-bond donors (Lipinski definition) is 1. The van der Waals surface area contributed by atoms with Gasteiger partial charge in [0.25, 0.3) is 0 Å². The van der Waals surface area contributed by atoms with E-state index in [2.05, 4.69) is 15.4 Å². The van der Waals surface area contributed by atoms with Crippen molar-refractivity contribution in [1.29, 1.82) is 0 Å². The molecule has 9 heteroatoms. The average molecular weight is 379 g/mol. The van der Waals surface area contributed by atoms with Crippen molar-refractivity contribution >= 4 is 34.8 Å². The number of nitrogens with zero attached hydrogens (tertiary/aromatic N) is 3. The first kappa shape index (κ1) is 17.9. The lowest BCUT2D eigenvalue weighted by atomic mass is 10.2. The molecule has 0 saturated heterocycles. The molecule has 0 aliphatic carbocycles. The number of anilines is 2. The number of aromatic nitrogens is 3.